The second kappa shape index (κ2) is 10.2. The minimum absolute atomic E-state index is 0.0582. The molecule has 4 rings (SSSR count). The molecule has 0 aromatic heterocycles. The first-order chi connectivity index (χ1) is 18.1. The van der Waals surface area contributed by atoms with Gasteiger partial charge in [0, 0.05) is 24.3 Å². The highest BCUT2D eigenvalue weighted by molar-refractivity contribution is 7.94. The van der Waals surface area contributed by atoms with E-state index in [1.165, 1.54) is 48.5 Å². The summed E-state index contributed by atoms with van der Waals surface area (Å²) in [6.45, 7) is 0. The van der Waals surface area contributed by atoms with Crippen LogP contribution in [0, 0.1) is 0 Å². The highest BCUT2D eigenvalue weighted by atomic mass is 32.2. The molecule has 0 saturated heterocycles. The van der Waals surface area contributed by atoms with E-state index in [9.17, 15) is 44.6 Å². The zero-order valence-corrected chi connectivity index (χ0v) is 21.8. The van der Waals surface area contributed by atoms with Gasteiger partial charge in [-0.2, -0.15) is 16.8 Å². The van der Waals surface area contributed by atoms with E-state index in [2.05, 4.69) is 0 Å². The second-order valence-corrected chi connectivity index (χ2v) is 12.5. The Bertz CT molecular complexity index is 1770. The summed E-state index contributed by atoms with van der Waals surface area (Å²) in [7, 11) is -15.5. The van der Waals surface area contributed by atoms with Crippen LogP contribution in [0.4, 0.5) is 0 Å². The monoisotopic (exact) mass is 594 g/mol. The molecule has 0 saturated carbocycles. The third kappa shape index (κ3) is 6.30. The number of phenolic OH excluding ortho intramolecular Hbond substituents is 2. The lowest BCUT2D eigenvalue weighted by Crippen LogP contribution is -2.13. The van der Waals surface area contributed by atoms with Crippen LogP contribution in [-0.4, -0.2) is 44.6 Å². The number of phenols is 2. The first-order valence-corrected chi connectivity index (χ1v) is 14.9. The molecule has 204 valence electrons. The molecular weight excluding hydrogens is 576 g/mol. The van der Waals surface area contributed by atoms with Crippen LogP contribution in [0.1, 0.15) is 0 Å². The quantitative estimate of drug-likeness (QED) is 0.214. The number of hydrogen-bond donors (Lipinski definition) is 4. The number of benzene rings is 4. The summed E-state index contributed by atoms with van der Waals surface area (Å²) in [6.07, 6.45) is 0. The summed E-state index contributed by atoms with van der Waals surface area (Å²) in [5.74, 6) is -0.702. The third-order valence-electron chi connectivity index (χ3n) is 5.07. The van der Waals surface area contributed by atoms with E-state index in [-0.39, 0.29) is 34.5 Å². The van der Waals surface area contributed by atoms with Crippen molar-refractivity contribution in [2.75, 3.05) is 0 Å². The van der Waals surface area contributed by atoms with Gasteiger partial charge in [-0.25, -0.2) is 8.42 Å². The van der Waals surface area contributed by atoms with E-state index in [0.717, 1.165) is 24.3 Å². The Labute approximate surface area is 222 Å². The fraction of sp³-hybridized carbons (Fsp3) is 0. The summed E-state index contributed by atoms with van der Waals surface area (Å²) in [6, 6.07) is 15.8. The SMILES string of the molecule is O=S(=O)(O)c1cc(Oc2cccc(O)c2)ccc1S(=O)(=O)c1ccc(Oc2cccc(O)c2)cc1S(=O)(=O)O. The number of hydrogen-bond acceptors (Lipinski definition) is 10. The average molecular weight is 595 g/mol. The molecule has 0 aliphatic carbocycles. The molecule has 0 bridgehead atoms. The molecule has 39 heavy (non-hydrogen) atoms. The summed E-state index contributed by atoms with van der Waals surface area (Å²) in [5, 5.41) is 19.1. The normalized spacial score (nSPS) is 12.2. The second-order valence-electron chi connectivity index (χ2n) is 7.87. The predicted octanol–water partition coefficient (Wildman–Crippen LogP) is 4.01. The molecule has 15 heteroatoms. The molecule has 0 spiro atoms. The van der Waals surface area contributed by atoms with Crippen molar-refractivity contribution in [1.82, 2.24) is 0 Å². The van der Waals surface area contributed by atoms with Crippen molar-refractivity contribution in [3.63, 3.8) is 0 Å². The zero-order valence-electron chi connectivity index (χ0n) is 19.4. The van der Waals surface area contributed by atoms with Crippen LogP contribution in [0.15, 0.2) is 105 Å². The number of aromatic hydroxyl groups is 2. The van der Waals surface area contributed by atoms with Crippen molar-refractivity contribution in [3.05, 3.63) is 84.9 Å². The van der Waals surface area contributed by atoms with Crippen LogP contribution in [0.5, 0.6) is 34.5 Å². The molecule has 0 aliphatic heterocycles. The fourth-order valence-electron chi connectivity index (χ4n) is 3.44. The molecular formula is C24H18O12S3. The third-order valence-corrected chi connectivity index (χ3v) is 8.99. The van der Waals surface area contributed by atoms with Crippen LogP contribution in [0.3, 0.4) is 0 Å². The first-order valence-electron chi connectivity index (χ1n) is 10.6. The van der Waals surface area contributed by atoms with E-state index in [4.69, 9.17) is 9.47 Å². The first kappa shape index (κ1) is 27.9. The minimum Gasteiger partial charge on any atom is -0.508 e. The summed E-state index contributed by atoms with van der Waals surface area (Å²) in [4.78, 5) is -4.30. The zero-order chi connectivity index (χ0) is 28.6. The molecule has 0 radical (unpaired) electrons. The van der Waals surface area contributed by atoms with Gasteiger partial charge in [0.2, 0.25) is 9.84 Å². The lowest BCUT2D eigenvalue weighted by Gasteiger charge is -2.14. The van der Waals surface area contributed by atoms with Crippen LogP contribution in [0.25, 0.3) is 0 Å². The number of ether oxygens (including phenoxy) is 2. The van der Waals surface area contributed by atoms with Gasteiger partial charge in [-0.1, -0.05) is 12.1 Å². The highest BCUT2D eigenvalue weighted by Gasteiger charge is 2.33. The van der Waals surface area contributed by atoms with Gasteiger partial charge in [-0.15, -0.1) is 0 Å². The van der Waals surface area contributed by atoms with E-state index in [0.29, 0.717) is 12.1 Å². The van der Waals surface area contributed by atoms with Crippen molar-refractivity contribution >= 4 is 30.1 Å². The topological polar surface area (TPSA) is 202 Å². The van der Waals surface area contributed by atoms with Gasteiger partial charge in [0.25, 0.3) is 20.2 Å². The maximum atomic E-state index is 13.5. The maximum Gasteiger partial charge on any atom is 0.295 e. The maximum absolute atomic E-state index is 13.5. The summed E-state index contributed by atoms with van der Waals surface area (Å²) in [5.41, 5.74) is 0. The molecule has 0 fully saturated rings. The highest BCUT2D eigenvalue weighted by Crippen LogP contribution is 2.37. The van der Waals surface area contributed by atoms with E-state index < -0.39 is 49.7 Å². The Hall–Kier alpha value is -4.15. The van der Waals surface area contributed by atoms with Crippen molar-refractivity contribution in [2.45, 2.75) is 19.6 Å². The van der Waals surface area contributed by atoms with Crippen LogP contribution in [-0.2, 0) is 30.1 Å². The molecule has 0 amide bonds. The van der Waals surface area contributed by atoms with Crippen molar-refractivity contribution < 1.29 is 54.0 Å². The van der Waals surface area contributed by atoms with Gasteiger partial charge in [0.05, 0.1) is 9.79 Å². The largest absolute Gasteiger partial charge is 0.508 e. The number of sulfone groups is 1. The predicted molar refractivity (Wildman–Crippen MR) is 134 cm³/mol. The van der Waals surface area contributed by atoms with Gasteiger partial charge in [-0.05, 0) is 48.5 Å². The van der Waals surface area contributed by atoms with Crippen molar-refractivity contribution in [1.29, 1.82) is 0 Å². The molecule has 0 unspecified atom stereocenters. The minimum atomic E-state index is -5.22. The van der Waals surface area contributed by atoms with Crippen molar-refractivity contribution in [2.24, 2.45) is 0 Å². The Morgan fingerprint density at radius 1 is 0.462 bits per heavy atom. The fourth-order valence-corrected chi connectivity index (χ4v) is 7.28. The van der Waals surface area contributed by atoms with Crippen LogP contribution >= 0.6 is 0 Å². The molecule has 0 aliphatic rings. The molecule has 12 nitrogen and oxygen atoms in total. The molecule has 4 aromatic carbocycles. The lowest BCUT2D eigenvalue weighted by atomic mass is 10.3. The number of rotatable bonds is 8. The molecule has 4 aromatic rings. The van der Waals surface area contributed by atoms with Gasteiger partial charge in [0.1, 0.15) is 44.3 Å². The Kier molecular flexibility index (Phi) is 7.29. The summed E-state index contributed by atoms with van der Waals surface area (Å²) < 4.78 is 106. The van der Waals surface area contributed by atoms with Gasteiger partial charge in [0.15, 0.2) is 0 Å². The lowest BCUT2D eigenvalue weighted by molar-refractivity contribution is 0.451. The van der Waals surface area contributed by atoms with E-state index >= 15 is 0 Å². The van der Waals surface area contributed by atoms with Crippen LogP contribution < -0.4 is 9.47 Å². The van der Waals surface area contributed by atoms with Gasteiger partial charge < -0.3 is 19.7 Å². The smallest absolute Gasteiger partial charge is 0.295 e. The van der Waals surface area contributed by atoms with E-state index in [1.807, 2.05) is 0 Å². The average Bonchev–Trinajstić information content (AvgIpc) is 2.83. The van der Waals surface area contributed by atoms with Gasteiger partial charge >= 0.3 is 0 Å². The molecule has 0 heterocycles. The standard InChI is InChI=1S/C24H18O12S3/c25-15-3-1-5-17(11-15)35-19-7-9-21(23(13-19)38(29,30)31)37(27,28)22-10-8-20(14-24(22)39(32,33)34)36-18-6-2-4-16(26)12-18/h1-14,25-26H,(H,29,30,31)(H,32,33,34). The van der Waals surface area contributed by atoms with E-state index in [1.54, 1.807) is 0 Å². The van der Waals surface area contributed by atoms with Crippen LogP contribution in [0.2, 0.25) is 0 Å². The van der Waals surface area contributed by atoms with Crippen molar-refractivity contribution in [3.8, 4) is 34.5 Å². The Morgan fingerprint density at radius 3 is 1.15 bits per heavy atom. The summed E-state index contributed by atoms with van der Waals surface area (Å²) >= 11 is 0. The Balaban J connectivity index is 1.83. The molecule has 0 atom stereocenters. The Morgan fingerprint density at radius 2 is 0.821 bits per heavy atom. The molecule has 4 N–H and O–H groups in total. The van der Waals surface area contributed by atoms with Gasteiger partial charge in [-0.3, -0.25) is 9.11 Å².